The molecule has 0 saturated heterocycles. The molecular formula is C27H34O. The minimum Gasteiger partial charge on any atom is -0.508 e. The lowest BCUT2D eigenvalue weighted by Crippen LogP contribution is -2.60. The molecule has 28 heavy (non-hydrogen) atoms. The van der Waals surface area contributed by atoms with Crippen molar-refractivity contribution in [2.75, 3.05) is 0 Å². The zero-order chi connectivity index (χ0) is 19.7. The minimum absolute atomic E-state index is 0.284. The van der Waals surface area contributed by atoms with Crippen molar-refractivity contribution in [2.45, 2.75) is 83.5 Å². The number of hydrogen-bond acceptors (Lipinski definition) is 1. The highest BCUT2D eigenvalue weighted by molar-refractivity contribution is 5.44. The summed E-state index contributed by atoms with van der Waals surface area (Å²) in [4.78, 5) is 0. The smallest absolute Gasteiger partial charge is 0.118 e. The number of phenolic OH excluding ortho intramolecular Hbond substituents is 1. The topological polar surface area (TPSA) is 20.2 Å². The van der Waals surface area contributed by atoms with Gasteiger partial charge in [-0.3, -0.25) is 0 Å². The van der Waals surface area contributed by atoms with E-state index in [1.165, 1.54) is 61.6 Å². The van der Waals surface area contributed by atoms with Crippen molar-refractivity contribution >= 4 is 0 Å². The van der Waals surface area contributed by atoms with Crippen LogP contribution in [0.25, 0.3) is 0 Å². The molecule has 4 aliphatic carbocycles. The summed E-state index contributed by atoms with van der Waals surface area (Å²) in [7, 11) is 0. The number of hydrogen-bond donors (Lipinski definition) is 1. The molecule has 1 nitrogen and oxygen atoms in total. The van der Waals surface area contributed by atoms with Crippen LogP contribution < -0.4 is 0 Å². The van der Waals surface area contributed by atoms with Gasteiger partial charge in [-0.1, -0.05) is 43.7 Å². The quantitative estimate of drug-likeness (QED) is 0.620. The van der Waals surface area contributed by atoms with Crippen LogP contribution >= 0.6 is 0 Å². The van der Waals surface area contributed by atoms with Gasteiger partial charge in [0.05, 0.1) is 0 Å². The first-order valence-electron chi connectivity index (χ1n) is 11.2. The summed E-state index contributed by atoms with van der Waals surface area (Å²) >= 11 is 0. The Morgan fingerprint density at radius 2 is 1.39 bits per heavy atom. The van der Waals surface area contributed by atoms with Gasteiger partial charge < -0.3 is 5.11 Å². The van der Waals surface area contributed by atoms with Crippen LogP contribution in [-0.2, 0) is 10.8 Å². The Morgan fingerprint density at radius 3 is 1.96 bits per heavy atom. The standard InChI is InChI=1S/C27H34O/c1-5-25-12-21-13-26(15-25,22-7-6-18(2)19(3)10-22)17-27(14-21,16-25)23-8-9-24(28)20(4)11-23/h6-11,21,28H,5,12-17H2,1-4H3. The van der Waals surface area contributed by atoms with Crippen LogP contribution in [-0.4, -0.2) is 5.11 Å². The van der Waals surface area contributed by atoms with Gasteiger partial charge >= 0.3 is 0 Å². The molecule has 148 valence electrons. The molecule has 4 fully saturated rings. The van der Waals surface area contributed by atoms with Gasteiger partial charge in [-0.05, 0) is 115 Å². The molecule has 6 rings (SSSR count). The Morgan fingerprint density at radius 1 is 0.786 bits per heavy atom. The van der Waals surface area contributed by atoms with Gasteiger partial charge in [0, 0.05) is 0 Å². The van der Waals surface area contributed by atoms with E-state index in [2.05, 4.69) is 51.1 Å². The summed E-state index contributed by atoms with van der Waals surface area (Å²) in [5.41, 5.74) is 8.06. The van der Waals surface area contributed by atoms with Crippen molar-refractivity contribution in [2.24, 2.45) is 11.3 Å². The van der Waals surface area contributed by atoms with Crippen molar-refractivity contribution in [1.82, 2.24) is 0 Å². The zero-order valence-electron chi connectivity index (χ0n) is 17.9. The number of benzene rings is 2. The maximum absolute atomic E-state index is 10.1. The van der Waals surface area contributed by atoms with E-state index in [9.17, 15) is 5.11 Å². The second kappa shape index (κ2) is 5.88. The highest BCUT2D eigenvalue weighted by Crippen LogP contribution is 2.71. The zero-order valence-corrected chi connectivity index (χ0v) is 17.9. The fourth-order valence-corrected chi connectivity index (χ4v) is 7.73. The highest BCUT2D eigenvalue weighted by atomic mass is 16.3. The van der Waals surface area contributed by atoms with Gasteiger partial charge in [0.15, 0.2) is 0 Å². The van der Waals surface area contributed by atoms with Crippen molar-refractivity contribution in [3.8, 4) is 5.75 Å². The van der Waals surface area contributed by atoms with E-state index >= 15 is 0 Å². The molecule has 4 atom stereocenters. The van der Waals surface area contributed by atoms with Crippen LogP contribution in [0.2, 0.25) is 0 Å². The second-order valence-corrected chi connectivity index (χ2v) is 10.7. The van der Waals surface area contributed by atoms with E-state index in [1.54, 1.807) is 5.56 Å². The highest BCUT2D eigenvalue weighted by Gasteiger charge is 2.63. The Bertz CT molecular complexity index is 872. The molecule has 0 aromatic heterocycles. The normalized spacial score (nSPS) is 36.1. The molecule has 1 N–H and O–H groups in total. The van der Waals surface area contributed by atoms with Crippen LogP contribution in [0.15, 0.2) is 36.4 Å². The summed E-state index contributed by atoms with van der Waals surface area (Å²) in [5, 5.41) is 10.1. The SMILES string of the molecule is CCC12CC3CC(c4ccc(C)c(C)c4)(C1)CC(c1ccc(O)c(C)c1)(C3)C2. The molecule has 2 aromatic rings. The minimum atomic E-state index is 0.284. The predicted octanol–water partition coefficient (Wildman–Crippen LogP) is 6.89. The summed E-state index contributed by atoms with van der Waals surface area (Å²) in [6, 6.07) is 13.7. The fourth-order valence-electron chi connectivity index (χ4n) is 7.73. The van der Waals surface area contributed by atoms with Crippen LogP contribution in [0.4, 0.5) is 0 Å². The molecule has 1 heteroatoms. The lowest BCUT2D eigenvalue weighted by Gasteiger charge is -2.67. The summed E-state index contributed by atoms with van der Waals surface area (Å²) in [6.45, 7) is 8.98. The van der Waals surface area contributed by atoms with Crippen molar-refractivity contribution < 1.29 is 5.11 Å². The molecule has 0 heterocycles. The molecule has 0 spiro atoms. The van der Waals surface area contributed by atoms with E-state index in [4.69, 9.17) is 0 Å². The third-order valence-electron chi connectivity index (χ3n) is 8.86. The monoisotopic (exact) mass is 374 g/mol. The Balaban J connectivity index is 1.66. The Labute approximate surface area is 170 Å². The van der Waals surface area contributed by atoms with Crippen molar-refractivity contribution in [3.63, 3.8) is 0 Å². The first-order chi connectivity index (χ1) is 13.3. The number of aryl methyl sites for hydroxylation is 3. The first kappa shape index (κ1) is 18.3. The third kappa shape index (κ3) is 2.51. The molecule has 2 aromatic carbocycles. The van der Waals surface area contributed by atoms with Gasteiger partial charge in [0.2, 0.25) is 0 Å². The molecule has 0 aliphatic heterocycles. The summed E-state index contributed by atoms with van der Waals surface area (Å²) in [5.74, 6) is 1.27. The Hall–Kier alpha value is -1.76. The van der Waals surface area contributed by atoms with Crippen molar-refractivity contribution in [3.05, 3.63) is 64.2 Å². The maximum atomic E-state index is 10.1. The summed E-state index contributed by atoms with van der Waals surface area (Å²) in [6.07, 6.45) is 9.43. The molecule has 0 radical (unpaired) electrons. The third-order valence-corrected chi connectivity index (χ3v) is 8.86. The van der Waals surface area contributed by atoms with E-state index in [1.807, 2.05) is 13.0 Å². The second-order valence-electron chi connectivity index (χ2n) is 10.7. The molecule has 4 bridgehead atoms. The average molecular weight is 375 g/mol. The predicted molar refractivity (Wildman–Crippen MR) is 116 cm³/mol. The average Bonchev–Trinajstić information content (AvgIpc) is 2.65. The van der Waals surface area contributed by atoms with Crippen LogP contribution in [0, 0.1) is 32.1 Å². The number of aromatic hydroxyl groups is 1. The van der Waals surface area contributed by atoms with Gasteiger partial charge in [-0.25, -0.2) is 0 Å². The van der Waals surface area contributed by atoms with Gasteiger partial charge in [0.25, 0.3) is 0 Å². The van der Waals surface area contributed by atoms with Crippen LogP contribution in [0.5, 0.6) is 5.75 Å². The number of rotatable bonds is 3. The molecule has 4 aliphatic rings. The van der Waals surface area contributed by atoms with Crippen LogP contribution in [0.1, 0.15) is 79.7 Å². The van der Waals surface area contributed by atoms with Gasteiger partial charge in [-0.2, -0.15) is 0 Å². The lowest BCUT2D eigenvalue weighted by atomic mass is 9.37. The van der Waals surface area contributed by atoms with E-state index < -0.39 is 0 Å². The largest absolute Gasteiger partial charge is 0.508 e. The molecule has 0 amide bonds. The van der Waals surface area contributed by atoms with Crippen LogP contribution in [0.3, 0.4) is 0 Å². The fraction of sp³-hybridized carbons (Fsp3) is 0.556. The number of phenols is 1. The first-order valence-corrected chi connectivity index (χ1v) is 11.2. The summed E-state index contributed by atoms with van der Waals surface area (Å²) < 4.78 is 0. The molecule has 4 saturated carbocycles. The van der Waals surface area contributed by atoms with Gasteiger partial charge in [0.1, 0.15) is 5.75 Å². The molecular weight excluding hydrogens is 340 g/mol. The molecule has 4 unspecified atom stereocenters. The lowest BCUT2D eigenvalue weighted by molar-refractivity contribution is -0.0920. The van der Waals surface area contributed by atoms with E-state index in [0.717, 1.165) is 11.5 Å². The maximum Gasteiger partial charge on any atom is 0.118 e. The Kier molecular flexibility index (Phi) is 3.84. The van der Waals surface area contributed by atoms with E-state index in [0.29, 0.717) is 16.6 Å². The van der Waals surface area contributed by atoms with Gasteiger partial charge in [-0.15, -0.1) is 0 Å². The van der Waals surface area contributed by atoms with E-state index in [-0.39, 0.29) is 5.41 Å². The van der Waals surface area contributed by atoms with Crippen molar-refractivity contribution in [1.29, 1.82) is 0 Å².